The van der Waals surface area contributed by atoms with Gasteiger partial charge in [-0.15, -0.1) is 11.6 Å². The second kappa shape index (κ2) is 8.89. The van der Waals surface area contributed by atoms with Crippen molar-refractivity contribution in [2.45, 2.75) is 33.1 Å². The SMILES string of the molecule is CCC(CC)COc1ccc(C#CCCCl)cc1. The average Bonchev–Trinajstić information content (AvgIpc) is 2.42. The van der Waals surface area contributed by atoms with Crippen LogP contribution < -0.4 is 4.74 Å². The van der Waals surface area contributed by atoms with Crippen molar-refractivity contribution in [3.8, 4) is 17.6 Å². The predicted octanol–water partition coefficient (Wildman–Crippen LogP) is 4.48. The Hall–Kier alpha value is -1.13. The van der Waals surface area contributed by atoms with Crippen LogP contribution in [0, 0.1) is 17.8 Å². The Morgan fingerprint density at radius 1 is 1.17 bits per heavy atom. The Morgan fingerprint density at radius 3 is 2.39 bits per heavy atom. The Morgan fingerprint density at radius 2 is 1.83 bits per heavy atom. The maximum Gasteiger partial charge on any atom is 0.119 e. The lowest BCUT2D eigenvalue weighted by Crippen LogP contribution is -2.09. The number of ether oxygens (including phenoxy) is 1. The van der Waals surface area contributed by atoms with Crippen LogP contribution in [0.15, 0.2) is 24.3 Å². The van der Waals surface area contributed by atoms with Crippen LogP contribution in [-0.4, -0.2) is 12.5 Å². The van der Waals surface area contributed by atoms with E-state index >= 15 is 0 Å². The van der Waals surface area contributed by atoms with Crippen molar-refractivity contribution in [3.05, 3.63) is 29.8 Å². The molecule has 0 bridgehead atoms. The molecule has 0 amide bonds. The number of hydrogen-bond donors (Lipinski definition) is 0. The lowest BCUT2D eigenvalue weighted by atomic mass is 10.1. The highest BCUT2D eigenvalue weighted by Crippen LogP contribution is 2.15. The molecule has 0 aromatic heterocycles. The molecule has 0 aliphatic rings. The third-order valence-electron chi connectivity index (χ3n) is 2.95. The van der Waals surface area contributed by atoms with Crippen LogP contribution >= 0.6 is 11.6 Å². The van der Waals surface area contributed by atoms with Crippen molar-refractivity contribution in [1.29, 1.82) is 0 Å². The fourth-order valence-electron chi connectivity index (χ4n) is 1.58. The molecule has 2 heteroatoms. The molecular formula is C16H21ClO. The number of halogens is 1. The van der Waals surface area contributed by atoms with E-state index in [1.165, 1.54) is 12.8 Å². The van der Waals surface area contributed by atoms with Crippen molar-refractivity contribution in [2.75, 3.05) is 12.5 Å². The summed E-state index contributed by atoms with van der Waals surface area (Å²) in [4.78, 5) is 0. The average molecular weight is 265 g/mol. The summed E-state index contributed by atoms with van der Waals surface area (Å²) in [6.45, 7) is 5.20. The Kier molecular flexibility index (Phi) is 7.37. The van der Waals surface area contributed by atoms with Crippen molar-refractivity contribution in [2.24, 2.45) is 5.92 Å². The zero-order chi connectivity index (χ0) is 13.2. The molecule has 0 atom stereocenters. The number of hydrogen-bond acceptors (Lipinski definition) is 1. The summed E-state index contributed by atoms with van der Waals surface area (Å²) in [5, 5.41) is 0. The van der Waals surface area contributed by atoms with Crippen LogP contribution in [-0.2, 0) is 0 Å². The molecule has 0 aliphatic heterocycles. The van der Waals surface area contributed by atoms with Gasteiger partial charge in [0, 0.05) is 17.9 Å². The van der Waals surface area contributed by atoms with Gasteiger partial charge in [0.1, 0.15) is 5.75 Å². The van der Waals surface area contributed by atoms with E-state index in [4.69, 9.17) is 16.3 Å². The van der Waals surface area contributed by atoms with E-state index in [1.54, 1.807) is 0 Å². The molecule has 0 radical (unpaired) electrons. The highest BCUT2D eigenvalue weighted by molar-refractivity contribution is 6.18. The van der Waals surface area contributed by atoms with Gasteiger partial charge in [-0.1, -0.05) is 38.5 Å². The standard InChI is InChI=1S/C16H21ClO/c1-3-14(4-2)13-18-16-10-8-15(9-11-16)7-5-6-12-17/h8-11,14H,3-4,6,12-13H2,1-2H3. The third kappa shape index (κ3) is 5.47. The van der Waals surface area contributed by atoms with Crippen molar-refractivity contribution < 1.29 is 4.74 Å². The second-order valence-electron chi connectivity index (χ2n) is 4.26. The number of rotatable bonds is 6. The first kappa shape index (κ1) is 14.9. The predicted molar refractivity (Wildman–Crippen MR) is 78.2 cm³/mol. The summed E-state index contributed by atoms with van der Waals surface area (Å²) < 4.78 is 5.76. The van der Waals surface area contributed by atoms with Crippen LogP contribution in [0.5, 0.6) is 5.75 Å². The highest BCUT2D eigenvalue weighted by Gasteiger charge is 2.03. The lowest BCUT2D eigenvalue weighted by molar-refractivity contribution is 0.240. The van der Waals surface area contributed by atoms with Crippen LogP contribution in [0.4, 0.5) is 0 Å². The summed E-state index contributed by atoms with van der Waals surface area (Å²) in [5.74, 6) is 8.24. The van der Waals surface area contributed by atoms with Crippen LogP contribution in [0.2, 0.25) is 0 Å². The first-order valence-corrected chi connectivity index (χ1v) is 7.11. The fourth-order valence-corrected chi connectivity index (χ4v) is 1.68. The number of benzene rings is 1. The first-order valence-electron chi connectivity index (χ1n) is 6.57. The van der Waals surface area contributed by atoms with E-state index in [0.717, 1.165) is 24.3 Å². The molecular weight excluding hydrogens is 244 g/mol. The summed E-state index contributed by atoms with van der Waals surface area (Å²) in [5.41, 5.74) is 1.01. The first-order chi connectivity index (χ1) is 8.80. The number of alkyl halides is 1. The second-order valence-corrected chi connectivity index (χ2v) is 4.64. The maximum absolute atomic E-state index is 5.76. The van der Waals surface area contributed by atoms with E-state index in [9.17, 15) is 0 Å². The van der Waals surface area contributed by atoms with Crippen LogP contribution in [0.25, 0.3) is 0 Å². The van der Waals surface area contributed by atoms with Crippen LogP contribution in [0.1, 0.15) is 38.7 Å². The Bertz CT molecular complexity index is 382. The molecule has 0 saturated heterocycles. The van der Waals surface area contributed by atoms with Gasteiger partial charge in [0.05, 0.1) is 6.61 Å². The van der Waals surface area contributed by atoms with E-state index < -0.39 is 0 Å². The van der Waals surface area contributed by atoms with Crippen molar-refractivity contribution in [3.63, 3.8) is 0 Å². The maximum atomic E-state index is 5.76. The molecule has 0 spiro atoms. The minimum atomic E-state index is 0.587. The van der Waals surface area contributed by atoms with E-state index in [2.05, 4.69) is 25.7 Å². The summed E-state index contributed by atoms with van der Waals surface area (Å²) in [7, 11) is 0. The monoisotopic (exact) mass is 264 g/mol. The van der Waals surface area contributed by atoms with Gasteiger partial charge in [-0.05, 0) is 30.2 Å². The molecule has 1 nitrogen and oxygen atoms in total. The molecule has 0 aliphatic carbocycles. The molecule has 0 unspecified atom stereocenters. The quantitative estimate of drug-likeness (QED) is 0.544. The van der Waals surface area contributed by atoms with Gasteiger partial charge in [-0.2, -0.15) is 0 Å². The Balaban J connectivity index is 2.48. The summed E-state index contributed by atoms with van der Waals surface area (Å²) >= 11 is 5.57. The largest absolute Gasteiger partial charge is 0.493 e. The van der Waals surface area contributed by atoms with Gasteiger partial charge in [-0.3, -0.25) is 0 Å². The van der Waals surface area contributed by atoms with E-state index in [1.807, 2.05) is 24.3 Å². The summed E-state index contributed by atoms with van der Waals surface area (Å²) in [6, 6.07) is 7.94. The van der Waals surface area contributed by atoms with E-state index in [0.29, 0.717) is 11.8 Å². The molecule has 0 heterocycles. The zero-order valence-electron chi connectivity index (χ0n) is 11.2. The zero-order valence-corrected chi connectivity index (χ0v) is 12.0. The van der Waals surface area contributed by atoms with Gasteiger partial charge in [0.15, 0.2) is 0 Å². The fraction of sp³-hybridized carbons (Fsp3) is 0.500. The molecule has 0 saturated carbocycles. The normalized spacial score (nSPS) is 10.0. The summed E-state index contributed by atoms with van der Waals surface area (Å²) in [6.07, 6.45) is 3.06. The van der Waals surface area contributed by atoms with E-state index in [-0.39, 0.29) is 0 Å². The smallest absolute Gasteiger partial charge is 0.119 e. The van der Waals surface area contributed by atoms with Gasteiger partial charge < -0.3 is 4.74 Å². The molecule has 0 N–H and O–H groups in total. The third-order valence-corrected chi connectivity index (χ3v) is 3.14. The lowest BCUT2D eigenvalue weighted by Gasteiger charge is -2.13. The van der Waals surface area contributed by atoms with Gasteiger partial charge in [0.2, 0.25) is 0 Å². The Labute approximate surface area is 115 Å². The molecule has 18 heavy (non-hydrogen) atoms. The molecule has 0 fully saturated rings. The molecule has 98 valence electrons. The van der Waals surface area contributed by atoms with Crippen molar-refractivity contribution >= 4 is 11.6 Å². The highest BCUT2D eigenvalue weighted by atomic mass is 35.5. The van der Waals surface area contributed by atoms with Gasteiger partial charge >= 0.3 is 0 Å². The topological polar surface area (TPSA) is 9.23 Å². The van der Waals surface area contributed by atoms with Gasteiger partial charge in [0.25, 0.3) is 0 Å². The minimum absolute atomic E-state index is 0.587. The van der Waals surface area contributed by atoms with Gasteiger partial charge in [-0.25, -0.2) is 0 Å². The minimum Gasteiger partial charge on any atom is -0.493 e. The van der Waals surface area contributed by atoms with Crippen LogP contribution in [0.3, 0.4) is 0 Å². The van der Waals surface area contributed by atoms with Crippen molar-refractivity contribution in [1.82, 2.24) is 0 Å². The molecule has 1 aromatic rings. The molecule has 1 rings (SSSR count). The molecule has 1 aromatic carbocycles.